The van der Waals surface area contributed by atoms with E-state index < -0.39 is 5.91 Å². The molecule has 162 valence electrons. The summed E-state index contributed by atoms with van der Waals surface area (Å²) in [7, 11) is 3.52. The molecule has 1 aliphatic heterocycles. The van der Waals surface area contributed by atoms with Crippen molar-refractivity contribution in [1.29, 1.82) is 0 Å². The Labute approximate surface area is 176 Å². The summed E-state index contributed by atoms with van der Waals surface area (Å²) in [5.74, 6) is 0.216. The van der Waals surface area contributed by atoms with Gasteiger partial charge in [-0.3, -0.25) is 10.2 Å². The third kappa shape index (κ3) is 6.02. The number of hydrogen-bond donors (Lipinski definition) is 4. The number of nitrogens with one attached hydrogen (secondary N) is 3. The fourth-order valence-corrected chi connectivity index (χ4v) is 3.22. The number of aromatic nitrogens is 2. The lowest BCUT2D eigenvalue weighted by Gasteiger charge is -2.33. The maximum absolute atomic E-state index is 12.5. The first-order valence-electron chi connectivity index (χ1n) is 9.99. The first-order chi connectivity index (χ1) is 14.6. The summed E-state index contributed by atoms with van der Waals surface area (Å²) in [6.07, 6.45) is 2.04. The van der Waals surface area contributed by atoms with Gasteiger partial charge in [-0.15, -0.1) is 0 Å². The van der Waals surface area contributed by atoms with Crippen LogP contribution in [-0.4, -0.2) is 84.3 Å². The minimum absolute atomic E-state index is 0.0574. The molecule has 0 spiro atoms. The molecule has 3 rings (SSSR count). The number of benzene rings is 1. The lowest BCUT2D eigenvalue weighted by Crippen LogP contribution is -2.51. The van der Waals surface area contributed by atoms with E-state index in [1.165, 1.54) is 6.20 Å². The van der Waals surface area contributed by atoms with Gasteiger partial charge in [-0.2, -0.15) is 0 Å². The van der Waals surface area contributed by atoms with Crippen LogP contribution in [-0.2, 0) is 0 Å². The molecule has 2 aromatic rings. The second-order valence-electron chi connectivity index (χ2n) is 6.95. The number of piperazine rings is 1. The Morgan fingerprint density at radius 1 is 1.27 bits per heavy atom. The van der Waals surface area contributed by atoms with Crippen molar-refractivity contribution in [2.75, 3.05) is 58.7 Å². The Balaban J connectivity index is 1.49. The van der Waals surface area contributed by atoms with E-state index in [0.29, 0.717) is 18.0 Å². The molecule has 0 bridgehead atoms. The molecular formula is C20H29N7O3. The second-order valence-corrected chi connectivity index (χ2v) is 6.95. The van der Waals surface area contributed by atoms with Gasteiger partial charge >= 0.3 is 0 Å². The number of hydrazine groups is 1. The molecule has 2 heterocycles. The van der Waals surface area contributed by atoms with Gasteiger partial charge in [0, 0.05) is 44.5 Å². The molecule has 1 aliphatic rings. The Bertz CT molecular complexity index is 841. The Kier molecular flexibility index (Phi) is 7.77. The average Bonchev–Trinajstić information content (AvgIpc) is 2.78. The number of carbonyl (C=O) groups is 1. The van der Waals surface area contributed by atoms with Gasteiger partial charge in [-0.1, -0.05) is 6.07 Å². The van der Waals surface area contributed by atoms with Crippen molar-refractivity contribution in [3.63, 3.8) is 0 Å². The number of aromatic hydroxyl groups is 1. The van der Waals surface area contributed by atoms with Gasteiger partial charge in [0.1, 0.15) is 5.75 Å². The first-order valence-corrected chi connectivity index (χ1v) is 9.99. The van der Waals surface area contributed by atoms with Crippen LogP contribution in [0.1, 0.15) is 16.9 Å². The smallest absolute Gasteiger partial charge is 0.273 e. The number of methoxy groups -OCH3 is 1. The maximum atomic E-state index is 12.5. The van der Waals surface area contributed by atoms with Crippen molar-refractivity contribution in [3.8, 4) is 11.5 Å². The van der Waals surface area contributed by atoms with Crippen LogP contribution < -0.4 is 20.8 Å². The van der Waals surface area contributed by atoms with E-state index in [-0.39, 0.29) is 17.4 Å². The highest BCUT2D eigenvalue weighted by molar-refractivity contribution is 5.95. The molecular weight excluding hydrogens is 386 g/mol. The summed E-state index contributed by atoms with van der Waals surface area (Å²) in [6.45, 7) is 5.40. The highest BCUT2D eigenvalue weighted by Gasteiger charge is 2.17. The number of ether oxygens (including phenoxy) is 1. The second kappa shape index (κ2) is 10.7. The fraction of sp³-hybridized carbons (Fsp3) is 0.450. The summed E-state index contributed by atoms with van der Waals surface area (Å²) < 4.78 is 5.19. The monoisotopic (exact) mass is 415 g/mol. The lowest BCUT2D eigenvalue weighted by molar-refractivity contribution is 0.0920. The summed E-state index contributed by atoms with van der Waals surface area (Å²) in [5, 5.41) is 18.0. The average molecular weight is 415 g/mol. The summed E-state index contributed by atoms with van der Waals surface area (Å²) >= 11 is 0. The van der Waals surface area contributed by atoms with Gasteiger partial charge < -0.3 is 25.4 Å². The normalized spacial score (nSPS) is 15.0. The van der Waals surface area contributed by atoms with E-state index in [0.717, 1.165) is 39.1 Å². The van der Waals surface area contributed by atoms with Crippen LogP contribution in [0.2, 0.25) is 0 Å². The standard InChI is InChI=1S/C20H29N7O3/c1-21-27-11-9-26(10-12-27)8-4-7-22-19(29)18-17(28)14-23-20(25-18)24-15-5-3-6-16(13-15)30-2/h3,5-6,13-14,21,28H,4,7-12H2,1-2H3,(H,22,29)(H,23,24,25). The van der Waals surface area contributed by atoms with Gasteiger partial charge in [0.25, 0.3) is 5.91 Å². The predicted octanol–water partition coefficient (Wildman–Crippen LogP) is 0.806. The molecule has 1 saturated heterocycles. The predicted molar refractivity (Wildman–Crippen MR) is 114 cm³/mol. The van der Waals surface area contributed by atoms with E-state index in [2.05, 4.69) is 35.9 Å². The van der Waals surface area contributed by atoms with Crippen molar-refractivity contribution in [2.45, 2.75) is 6.42 Å². The summed E-state index contributed by atoms with van der Waals surface area (Å²) in [4.78, 5) is 23.0. The zero-order valence-corrected chi connectivity index (χ0v) is 17.4. The molecule has 0 saturated carbocycles. The van der Waals surface area contributed by atoms with E-state index in [9.17, 15) is 9.90 Å². The van der Waals surface area contributed by atoms with Gasteiger partial charge in [0.05, 0.1) is 13.3 Å². The summed E-state index contributed by atoms with van der Waals surface area (Å²) in [6, 6.07) is 7.26. The van der Waals surface area contributed by atoms with Gasteiger partial charge in [-0.25, -0.2) is 15.0 Å². The van der Waals surface area contributed by atoms with Gasteiger partial charge in [0.2, 0.25) is 5.95 Å². The number of anilines is 2. The third-order valence-electron chi connectivity index (χ3n) is 4.94. The highest BCUT2D eigenvalue weighted by atomic mass is 16.5. The maximum Gasteiger partial charge on any atom is 0.273 e. The lowest BCUT2D eigenvalue weighted by atomic mass is 10.3. The molecule has 0 aliphatic carbocycles. The number of nitrogens with zero attached hydrogens (tertiary/aromatic N) is 4. The molecule has 0 radical (unpaired) electrons. The minimum Gasteiger partial charge on any atom is -0.504 e. The van der Waals surface area contributed by atoms with E-state index >= 15 is 0 Å². The van der Waals surface area contributed by atoms with Crippen molar-refractivity contribution >= 4 is 17.5 Å². The fourth-order valence-electron chi connectivity index (χ4n) is 3.22. The van der Waals surface area contributed by atoms with Crippen LogP contribution in [0, 0.1) is 0 Å². The van der Waals surface area contributed by atoms with E-state index in [4.69, 9.17) is 4.74 Å². The molecule has 1 amide bonds. The zero-order valence-electron chi connectivity index (χ0n) is 17.4. The Morgan fingerprint density at radius 2 is 2.07 bits per heavy atom. The quantitative estimate of drug-likeness (QED) is 0.442. The Hall–Kier alpha value is -2.95. The number of rotatable bonds is 9. The number of carbonyl (C=O) groups excluding carboxylic acids is 1. The molecule has 1 fully saturated rings. The third-order valence-corrected chi connectivity index (χ3v) is 4.94. The van der Waals surface area contributed by atoms with E-state index in [1.54, 1.807) is 13.2 Å². The Morgan fingerprint density at radius 3 is 2.80 bits per heavy atom. The number of hydrogen-bond acceptors (Lipinski definition) is 9. The molecule has 1 aromatic carbocycles. The van der Waals surface area contributed by atoms with Crippen LogP contribution in [0.3, 0.4) is 0 Å². The van der Waals surface area contributed by atoms with Crippen LogP contribution in [0.25, 0.3) is 0 Å². The molecule has 0 atom stereocenters. The van der Waals surface area contributed by atoms with Crippen molar-refractivity contribution < 1.29 is 14.6 Å². The largest absolute Gasteiger partial charge is 0.504 e. The highest BCUT2D eigenvalue weighted by Crippen LogP contribution is 2.21. The van der Waals surface area contributed by atoms with Crippen LogP contribution in [0.4, 0.5) is 11.6 Å². The molecule has 0 unspecified atom stereocenters. The van der Waals surface area contributed by atoms with Crippen LogP contribution >= 0.6 is 0 Å². The van der Waals surface area contributed by atoms with Crippen LogP contribution in [0.5, 0.6) is 11.5 Å². The SMILES string of the molecule is CNN1CCN(CCCNC(=O)c2nc(Nc3cccc(OC)c3)ncc2O)CC1. The van der Waals surface area contributed by atoms with Crippen molar-refractivity contribution in [1.82, 2.24) is 30.6 Å². The van der Waals surface area contributed by atoms with Gasteiger partial charge in [0.15, 0.2) is 11.4 Å². The van der Waals surface area contributed by atoms with E-state index in [1.807, 2.05) is 25.2 Å². The molecule has 30 heavy (non-hydrogen) atoms. The minimum atomic E-state index is -0.427. The molecule has 10 nitrogen and oxygen atoms in total. The zero-order chi connectivity index (χ0) is 21.3. The first kappa shape index (κ1) is 21.8. The van der Waals surface area contributed by atoms with Crippen molar-refractivity contribution in [3.05, 3.63) is 36.2 Å². The molecule has 4 N–H and O–H groups in total. The van der Waals surface area contributed by atoms with Crippen LogP contribution in [0.15, 0.2) is 30.5 Å². The number of amides is 1. The van der Waals surface area contributed by atoms with Crippen molar-refractivity contribution in [2.24, 2.45) is 0 Å². The molecule has 1 aromatic heterocycles. The van der Waals surface area contributed by atoms with Gasteiger partial charge in [-0.05, 0) is 32.1 Å². The summed E-state index contributed by atoms with van der Waals surface area (Å²) in [5.41, 5.74) is 3.81. The topological polar surface area (TPSA) is 115 Å². The molecule has 10 heteroatoms.